The molecule has 0 saturated heterocycles. The van der Waals surface area contributed by atoms with E-state index in [0.717, 1.165) is 5.56 Å². The van der Waals surface area contributed by atoms with E-state index in [1.807, 2.05) is 26.8 Å². The minimum Gasteiger partial charge on any atom is -0.406 e. The first-order chi connectivity index (χ1) is 8.28. The lowest BCUT2D eigenvalue weighted by molar-refractivity contribution is 0.217. The lowest BCUT2D eigenvalue weighted by Crippen LogP contribution is -2.40. The number of hydrogen-bond acceptors (Lipinski definition) is 3. The summed E-state index contributed by atoms with van der Waals surface area (Å²) in [6, 6.07) is 3.33. The second-order valence-electron chi connectivity index (χ2n) is 5.18. The van der Waals surface area contributed by atoms with Crippen molar-refractivity contribution in [3.05, 3.63) is 33.6 Å². The number of rotatable bonds is 3. The first kappa shape index (κ1) is 18.2. The number of nitrogen functional groups attached to an aromatic ring is 1. The number of aliphatic hydroxyl groups excluding tert-OH is 1. The summed E-state index contributed by atoms with van der Waals surface area (Å²) in [4.78, 5) is 3.39. The molecule has 4 nitrogen and oxygen atoms in total. The third-order valence-corrected chi connectivity index (χ3v) is 3.10. The van der Waals surface area contributed by atoms with Gasteiger partial charge in [-0.3, -0.25) is 0 Å². The number of nitrogens with zero attached hydrogens (tertiary/aromatic N) is 1. The molecular formula is C13H19BrClN3O. The van der Waals surface area contributed by atoms with E-state index in [-0.39, 0.29) is 30.6 Å². The van der Waals surface area contributed by atoms with Crippen molar-refractivity contribution in [3.63, 3.8) is 0 Å². The van der Waals surface area contributed by atoms with Crippen molar-refractivity contribution in [2.75, 3.05) is 12.3 Å². The summed E-state index contributed by atoms with van der Waals surface area (Å²) < 4.78 is 0.681. The third-order valence-electron chi connectivity index (χ3n) is 2.44. The largest absolute Gasteiger partial charge is 0.406 e. The Balaban J connectivity index is 0.00000324. The number of nitrogens with one attached hydrogen (secondary N) is 1. The van der Waals surface area contributed by atoms with Crippen LogP contribution < -0.4 is 11.1 Å². The molecule has 0 radical (unpaired) electrons. The molecule has 0 aliphatic rings. The Bertz CT molecular complexity index is 480. The van der Waals surface area contributed by atoms with Crippen molar-refractivity contribution in [2.24, 2.45) is 0 Å². The van der Waals surface area contributed by atoms with Gasteiger partial charge < -0.3 is 16.2 Å². The first-order valence-corrected chi connectivity index (χ1v) is 6.42. The number of benzene rings is 1. The van der Waals surface area contributed by atoms with Crippen molar-refractivity contribution < 1.29 is 5.11 Å². The number of aliphatic hydroxyl groups is 1. The minimum absolute atomic E-state index is 0. The summed E-state index contributed by atoms with van der Waals surface area (Å²) >= 11 is 3.34. The Labute approximate surface area is 128 Å². The zero-order chi connectivity index (χ0) is 13.9. The number of nitrogens with two attached hydrogens (primary N) is 1. The molecule has 1 aromatic rings. The Morgan fingerprint density at radius 3 is 2.47 bits per heavy atom. The van der Waals surface area contributed by atoms with Crippen molar-refractivity contribution in [1.29, 1.82) is 0 Å². The zero-order valence-corrected chi connectivity index (χ0v) is 13.6. The molecule has 0 bridgehead atoms. The lowest BCUT2D eigenvalue weighted by atomic mass is 10.0. The molecule has 0 heterocycles. The smallest absolute Gasteiger partial charge is 0.210 e. The van der Waals surface area contributed by atoms with Crippen LogP contribution >= 0.6 is 28.3 Å². The maximum absolute atomic E-state index is 9.48. The highest BCUT2D eigenvalue weighted by Gasteiger charge is 2.19. The number of anilines is 1. The topological polar surface area (TPSA) is 62.6 Å². The van der Waals surface area contributed by atoms with E-state index >= 15 is 0 Å². The molecule has 1 rings (SSSR count). The summed E-state index contributed by atoms with van der Waals surface area (Å²) in [6.45, 7) is 13.1. The maximum Gasteiger partial charge on any atom is 0.210 e. The van der Waals surface area contributed by atoms with E-state index in [9.17, 15) is 5.11 Å². The van der Waals surface area contributed by atoms with Gasteiger partial charge in [0.15, 0.2) is 0 Å². The van der Waals surface area contributed by atoms with Crippen LogP contribution in [0.15, 0.2) is 16.6 Å². The van der Waals surface area contributed by atoms with Gasteiger partial charge in [-0.05, 0) is 38.5 Å². The molecule has 0 aromatic heterocycles. The van der Waals surface area contributed by atoms with E-state index in [1.54, 1.807) is 6.07 Å². The highest BCUT2D eigenvalue weighted by Crippen LogP contribution is 2.34. The molecule has 1 unspecified atom stereocenters. The van der Waals surface area contributed by atoms with Gasteiger partial charge in [0.1, 0.15) is 0 Å². The van der Waals surface area contributed by atoms with E-state index in [2.05, 4.69) is 26.1 Å². The van der Waals surface area contributed by atoms with Crippen molar-refractivity contribution >= 4 is 39.7 Å². The zero-order valence-electron chi connectivity index (χ0n) is 11.2. The van der Waals surface area contributed by atoms with Crippen LogP contribution in [0.4, 0.5) is 11.4 Å². The molecular weight excluding hydrogens is 330 g/mol. The fourth-order valence-corrected chi connectivity index (χ4v) is 2.14. The molecule has 0 saturated carbocycles. The quantitative estimate of drug-likeness (QED) is 0.579. The molecule has 4 N–H and O–H groups in total. The summed E-state index contributed by atoms with van der Waals surface area (Å²) in [5, 5.41) is 12.8. The van der Waals surface area contributed by atoms with Crippen LogP contribution in [-0.4, -0.2) is 17.3 Å². The van der Waals surface area contributed by atoms with Gasteiger partial charge in [-0.25, -0.2) is 4.85 Å². The van der Waals surface area contributed by atoms with Crippen molar-refractivity contribution in [3.8, 4) is 0 Å². The molecule has 0 aliphatic carbocycles. The van der Waals surface area contributed by atoms with Crippen LogP contribution in [0.25, 0.3) is 4.85 Å². The minimum atomic E-state index is -0.220. The van der Waals surface area contributed by atoms with E-state index in [4.69, 9.17) is 12.3 Å². The Morgan fingerprint density at radius 2 is 2.05 bits per heavy atom. The Hall–Kier alpha value is -0.800. The predicted octanol–water partition coefficient (Wildman–Crippen LogP) is 3.43. The normalized spacial score (nSPS) is 12.4. The molecule has 0 fully saturated rings. The second-order valence-corrected chi connectivity index (χ2v) is 6.03. The van der Waals surface area contributed by atoms with E-state index in [1.165, 1.54) is 0 Å². The van der Waals surface area contributed by atoms with Gasteiger partial charge in [0.25, 0.3) is 0 Å². The molecule has 0 spiro atoms. The van der Waals surface area contributed by atoms with Crippen LogP contribution in [0, 0.1) is 6.57 Å². The predicted molar refractivity (Wildman–Crippen MR) is 84.8 cm³/mol. The molecule has 106 valence electrons. The fourth-order valence-electron chi connectivity index (χ4n) is 1.67. The maximum atomic E-state index is 9.48. The van der Waals surface area contributed by atoms with Gasteiger partial charge in [0.05, 0.1) is 24.9 Å². The lowest BCUT2D eigenvalue weighted by Gasteiger charge is -2.28. The van der Waals surface area contributed by atoms with Gasteiger partial charge in [0, 0.05) is 10.0 Å². The van der Waals surface area contributed by atoms with Gasteiger partial charge >= 0.3 is 0 Å². The first-order valence-electron chi connectivity index (χ1n) is 5.63. The molecule has 0 aliphatic heterocycles. The van der Waals surface area contributed by atoms with Crippen LogP contribution in [0.5, 0.6) is 0 Å². The highest BCUT2D eigenvalue weighted by molar-refractivity contribution is 9.10. The van der Waals surface area contributed by atoms with Crippen LogP contribution in [0.3, 0.4) is 0 Å². The summed E-state index contributed by atoms with van der Waals surface area (Å²) in [5.41, 5.74) is 7.34. The summed E-state index contributed by atoms with van der Waals surface area (Å²) in [6.07, 6.45) is 0. The fraction of sp³-hybridized carbons (Fsp3) is 0.462. The summed E-state index contributed by atoms with van der Waals surface area (Å²) in [7, 11) is 0. The van der Waals surface area contributed by atoms with E-state index in [0.29, 0.717) is 15.8 Å². The standard InChI is InChI=1S/C13H18BrN3O.ClH/c1-13(2,3)17-11(7-18)8-5-9(14)12(15)10(6-8)16-4;/h5-6,11,17-18H,7,15H2,1-3H3;1H. The third kappa shape index (κ3) is 5.00. The molecule has 0 amide bonds. The van der Waals surface area contributed by atoms with Crippen LogP contribution in [-0.2, 0) is 0 Å². The van der Waals surface area contributed by atoms with Crippen molar-refractivity contribution in [2.45, 2.75) is 32.4 Å². The highest BCUT2D eigenvalue weighted by atomic mass is 79.9. The van der Waals surface area contributed by atoms with Crippen LogP contribution in [0.1, 0.15) is 32.4 Å². The Kier molecular flexibility index (Phi) is 6.81. The van der Waals surface area contributed by atoms with E-state index < -0.39 is 0 Å². The Morgan fingerprint density at radius 1 is 1.47 bits per heavy atom. The molecule has 19 heavy (non-hydrogen) atoms. The number of hydrogen-bond donors (Lipinski definition) is 3. The molecule has 1 aromatic carbocycles. The molecule has 6 heteroatoms. The average molecular weight is 349 g/mol. The number of halogens is 2. The van der Waals surface area contributed by atoms with Gasteiger partial charge in [-0.1, -0.05) is 15.9 Å². The monoisotopic (exact) mass is 347 g/mol. The van der Waals surface area contributed by atoms with Crippen LogP contribution in [0.2, 0.25) is 0 Å². The SMILES string of the molecule is Cl.[C-]#[N+]c1cc(C(CO)NC(C)(C)C)cc(Br)c1N. The second kappa shape index (κ2) is 7.11. The summed E-state index contributed by atoms with van der Waals surface area (Å²) in [5.74, 6) is 0. The van der Waals surface area contributed by atoms with Gasteiger partial charge in [-0.2, -0.15) is 0 Å². The molecule has 1 atom stereocenters. The average Bonchev–Trinajstić information content (AvgIpc) is 2.28. The van der Waals surface area contributed by atoms with Gasteiger partial charge in [-0.15, -0.1) is 12.4 Å². The van der Waals surface area contributed by atoms with Gasteiger partial charge in [0.2, 0.25) is 5.69 Å². The van der Waals surface area contributed by atoms with Crippen molar-refractivity contribution in [1.82, 2.24) is 5.32 Å².